The Morgan fingerprint density at radius 2 is 1.84 bits per heavy atom. The zero-order valence-electron chi connectivity index (χ0n) is 17.3. The lowest BCUT2D eigenvalue weighted by Gasteiger charge is -2.41. The number of ether oxygens (including phenoxy) is 1. The number of nitrogen functional groups attached to an aromatic ring is 1. The van der Waals surface area contributed by atoms with Gasteiger partial charge in [-0.05, 0) is 37.8 Å². The van der Waals surface area contributed by atoms with E-state index in [1.165, 1.54) is 12.3 Å². The smallest absolute Gasteiger partial charge is 0.402 e. The molecule has 3 fully saturated rings. The van der Waals surface area contributed by atoms with Gasteiger partial charge in [0.1, 0.15) is 0 Å². The summed E-state index contributed by atoms with van der Waals surface area (Å²) in [6.07, 6.45) is -3.40. The van der Waals surface area contributed by atoms with Crippen LogP contribution in [0.4, 0.5) is 19.0 Å². The fourth-order valence-corrected chi connectivity index (χ4v) is 5.35. The third-order valence-corrected chi connectivity index (χ3v) is 6.91. The van der Waals surface area contributed by atoms with E-state index in [0.717, 1.165) is 31.9 Å². The van der Waals surface area contributed by atoms with Gasteiger partial charge < -0.3 is 10.5 Å². The highest BCUT2D eigenvalue weighted by Gasteiger charge is 2.59. The molecular formula is C20H25F3N6OS. The van der Waals surface area contributed by atoms with Crippen molar-refractivity contribution < 1.29 is 17.9 Å². The van der Waals surface area contributed by atoms with Crippen molar-refractivity contribution in [3.63, 3.8) is 0 Å². The van der Waals surface area contributed by atoms with Crippen molar-refractivity contribution in [1.29, 1.82) is 0 Å². The van der Waals surface area contributed by atoms with Crippen molar-refractivity contribution in [2.75, 3.05) is 31.9 Å². The molecule has 1 aliphatic carbocycles. The average molecular weight is 455 g/mol. The van der Waals surface area contributed by atoms with Crippen molar-refractivity contribution >= 4 is 18.6 Å². The molecule has 168 valence electrons. The summed E-state index contributed by atoms with van der Waals surface area (Å²) >= 11 is 4.37. The van der Waals surface area contributed by atoms with Crippen LogP contribution in [0.3, 0.4) is 0 Å². The fraction of sp³-hybridized carbons (Fsp3) is 0.600. The van der Waals surface area contributed by atoms with Crippen LogP contribution in [0.15, 0.2) is 18.3 Å². The molecule has 7 nitrogen and oxygen atoms in total. The third kappa shape index (κ3) is 3.87. The molecule has 2 N–H and O–H groups in total. The number of alkyl halides is 3. The average Bonchev–Trinajstić information content (AvgIpc) is 3.03. The molecule has 2 atom stereocenters. The summed E-state index contributed by atoms with van der Waals surface area (Å²) in [5.41, 5.74) is 7.73. The van der Waals surface area contributed by atoms with Crippen LogP contribution in [0.5, 0.6) is 5.75 Å². The predicted molar refractivity (Wildman–Crippen MR) is 113 cm³/mol. The van der Waals surface area contributed by atoms with Crippen LogP contribution in [0, 0.1) is 11.8 Å². The number of aromatic nitrogens is 3. The number of hydrogen-bond donors (Lipinski definition) is 2. The normalized spacial score (nSPS) is 26.9. The number of halogens is 3. The summed E-state index contributed by atoms with van der Waals surface area (Å²) in [6, 6.07) is 3.97. The van der Waals surface area contributed by atoms with Gasteiger partial charge >= 0.3 is 6.36 Å². The Kier molecular flexibility index (Phi) is 4.91. The van der Waals surface area contributed by atoms with Crippen LogP contribution < -0.4 is 10.5 Å². The number of hydrogen-bond acceptors (Lipinski definition) is 7. The highest BCUT2D eigenvalue weighted by atomic mass is 32.1. The van der Waals surface area contributed by atoms with Gasteiger partial charge in [-0.15, -0.1) is 13.2 Å². The molecule has 2 aromatic rings. The molecule has 0 spiro atoms. The van der Waals surface area contributed by atoms with Crippen molar-refractivity contribution in [3.8, 4) is 17.0 Å². The third-order valence-electron chi connectivity index (χ3n) is 6.58. The number of piperidine rings is 1. The molecular weight excluding hydrogens is 429 g/mol. The number of likely N-dealkylation sites (tertiary alicyclic amines) is 1. The summed E-state index contributed by atoms with van der Waals surface area (Å²) in [4.78, 5) is 6.43. The molecule has 31 heavy (non-hydrogen) atoms. The second-order valence-electron chi connectivity index (χ2n) is 8.98. The van der Waals surface area contributed by atoms with Crippen LogP contribution in [-0.4, -0.2) is 62.6 Å². The molecule has 0 radical (unpaired) electrons. The first-order chi connectivity index (χ1) is 14.6. The first-order valence-electron chi connectivity index (χ1n) is 10.4. The Bertz CT molecular complexity index is 978. The Balaban J connectivity index is 1.37. The molecule has 3 aliphatic rings. The van der Waals surface area contributed by atoms with Gasteiger partial charge in [0.2, 0.25) is 0 Å². The molecule has 4 heterocycles. The number of nitrogens with two attached hydrogens (primary N) is 1. The maximum atomic E-state index is 12.7. The van der Waals surface area contributed by atoms with E-state index in [-0.39, 0.29) is 11.9 Å². The standard InChI is InChI=1S/C20H25F3N6OS/c1-10(2)29-16(18-13-8-27(9-14(13)18)12-6-28(31)7-12)4-15(26-29)11-3-17(19(24)25-5-11)30-20(21,22)23/h3-5,10,12-14,18,31H,6-9H2,1-2H3,(H2,24,25). The van der Waals surface area contributed by atoms with Gasteiger partial charge in [0.25, 0.3) is 0 Å². The lowest BCUT2D eigenvalue weighted by Crippen LogP contribution is -2.55. The van der Waals surface area contributed by atoms with Crippen LogP contribution in [0.25, 0.3) is 11.3 Å². The van der Waals surface area contributed by atoms with Crippen molar-refractivity contribution in [1.82, 2.24) is 24.0 Å². The molecule has 2 unspecified atom stereocenters. The van der Waals surface area contributed by atoms with E-state index in [4.69, 9.17) is 10.8 Å². The fourth-order valence-electron chi connectivity index (χ4n) is 4.97. The number of fused-ring (bicyclic) bond motifs is 1. The molecule has 2 aromatic heterocycles. The molecule has 2 saturated heterocycles. The zero-order valence-corrected chi connectivity index (χ0v) is 18.1. The summed E-state index contributed by atoms with van der Waals surface area (Å²) in [7, 11) is 0. The summed E-state index contributed by atoms with van der Waals surface area (Å²) in [5.74, 6) is 0.814. The molecule has 11 heteroatoms. The molecule has 0 aromatic carbocycles. The lowest BCUT2D eigenvalue weighted by molar-refractivity contribution is -0.274. The van der Waals surface area contributed by atoms with E-state index in [2.05, 4.69) is 41.3 Å². The SMILES string of the molecule is CC(C)n1nc(-c2cnc(N)c(OC(F)(F)F)c2)cc1C1C2CN(C3CN(S)C3)CC21. The monoisotopic (exact) mass is 454 g/mol. The van der Waals surface area contributed by atoms with Gasteiger partial charge in [-0.1, -0.05) is 12.8 Å². The van der Waals surface area contributed by atoms with Crippen molar-refractivity contribution in [2.45, 2.75) is 38.2 Å². The van der Waals surface area contributed by atoms with Crippen molar-refractivity contribution in [2.24, 2.45) is 11.8 Å². The summed E-state index contributed by atoms with van der Waals surface area (Å²) < 4.78 is 46.1. The second-order valence-corrected chi connectivity index (χ2v) is 9.55. The Morgan fingerprint density at radius 3 is 2.42 bits per heavy atom. The number of pyridine rings is 1. The molecule has 1 saturated carbocycles. The summed E-state index contributed by atoms with van der Waals surface area (Å²) in [6.45, 7) is 8.28. The van der Waals surface area contributed by atoms with Gasteiger partial charge in [0, 0.05) is 61.6 Å². The number of rotatable bonds is 5. The van der Waals surface area contributed by atoms with Crippen LogP contribution >= 0.6 is 12.8 Å². The number of anilines is 1. The maximum Gasteiger partial charge on any atom is 0.573 e. The molecule has 2 aliphatic heterocycles. The zero-order chi connectivity index (χ0) is 22.1. The number of thiol groups is 1. The highest BCUT2D eigenvalue weighted by Crippen LogP contribution is 2.59. The van der Waals surface area contributed by atoms with E-state index in [1.54, 1.807) is 0 Å². The largest absolute Gasteiger partial charge is 0.573 e. The van der Waals surface area contributed by atoms with E-state index in [0.29, 0.717) is 35.1 Å². The van der Waals surface area contributed by atoms with Gasteiger partial charge in [-0.3, -0.25) is 13.9 Å². The molecule has 5 rings (SSSR count). The van der Waals surface area contributed by atoms with Crippen molar-refractivity contribution in [3.05, 3.63) is 24.0 Å². The maximum absolute atomic E-state index is 12.7. The van der Waals surface area contributed by atoms with Crippen LogP contribution in [0.2, 0.25) is 0 Å². The van der Waals surface area contributed by atoms with E-state index >= 15 is 0 Å². The second kappa shape index (κ2) is 7.28. The van der Waals surface area contributed by atoms with Gasteiger partial charge in [0.15, 0.2) is 11.6 Å². The minimum atomic E-state index is -4.83. The minimum absolute atomic E-state index is 0.137. The van der Waals surface area contributed by atoms with E-state index in [1.807, 2.05) is 15.1 Å². The highest BCUT2D eigenvalue weighted by molar-refractivity contribution is 7.77. The molecule has 0 amide bonds. The summed E-state index contributed by atoms with van der Waals surface area (Å²) in [5, 5.41) is 4.70. The Hall–Kier alpha value is -1.98. The van der Waals surface area contributed by atoms with Gasteiger partial charge in [-0.25, -0.2) is 4.98 Å². The first-order valence-corrected chi connectivity index (χ1v) is 10.8. The van der Waals surface area contributed by atoms with Gasteiger partial charge in [-0.2, -0.15) is 5.10 Å². The minimum Gasteiger partial charge on any atom is -0.402 e. The van der Waals surface area contributed by atoms with Gasteiger partial charge in [0.05, 0.1) is 5.69 Å². The first kappa shape index (κ1) is 20.9. The molecule has 0 bridgehead atoms. The van der Waals surface area contributed by atoms with E-state index < -0.39 is 12.1 Å². The van der Waals surface area contributed by atoms with E-state index in [9.17, 15) is 13.2 Å². The van der Waals surface area contributed by atoms with Crippen LogP contribution in [-0.2, 0) is 0 Å². The number of nitrogens with zero attached hydrogens (tertiary/aromatic N) is 5. The quantitative estimate of drug-likeness (QED) is 0.677. The predicted octanol–water partition coefficient (Wildman–Crippen LogP) is 3.18. The topological polar surface area (TPSA) is 72.4 Å². The Labute approximate surface area is 183 Å². The van der Waals surface area contributed by atoms with Crippen LogP contribution in [0.1, 0.15) is 31.5 Å². The lowest BCUT2D eigenvalue weighted by atomic mass is 10.1. The Morgan fingerprint density at radius 1 is 1.16 bits per heavy atom.